The molecule has 1 aromatic heterocycles. The molecule has 3 aromatic rings. The van der Waals surface area contributed by atoms with Crippen LogP contribution < -0.4 is 0 Å². The fraction of sp³-hybridized carbons (Fsp3) is 0.143. The summed E-state index contributed by atoms with van der Waals surface area (Å²) in [6, 6.07) is 20.2. The number of aryl methyl sites for hydroxylation is 2. The molecular formula is C21H17BrN2O. The van der Waals surface area contributed by atoms with Gasteiger partial charge in [-0.05, 0) is 66.9 Å². The van der Waals surface area contributed by atoms with E-state index in [0.717, 1.165) is 39.0 Å². The Kier molecular flexibility index (Phi) is 5.16. The van der Waals surface area contributed by atoms with E-state index in [9.17, 15) is 4.79 Å². The number of hydrogen-bond acceptors (Lipinski definition) is 2. The van der Waals surface area contributed by atoms with Gasteiger partial charge in [-0.2, -0.15) is 5.26 Å². The molecule has 25 heavy (non-hydrogen) atoms. The Hall–Kier alpha value is -2.64. The quantitative estimate of drug-likeness (QED) is 0.558. The van der Waals surface area contributed by atoms with Crippen LogP contribution in [-0.4, -0.2) is 10.9 Å². The summed E-state index contributed by atoms with van der Waals surface area (Å²) < 4.78 is 3.22. The third-order valence-electron chi connectivity index (χ3n) is 4.19. The van der Waals surface area contributed by atoms with Gasteiger partial charge in [0, 0.05) is 22.3 Å². The molecule has 2 aromatic carbocycles. The first-order valence-electron chi connectivity index (χ1n) is 8.05. The maximum absolute atomic E-state index is 10.8. The van der Waals surface area contributed by atoms with E-state index in [2.05, 4.69) is 50.8 Å². The van der Waals surface area contributed by atoms with Gasteiger partial charge in [0.05, 0.1) is 17.3 Å². The van der Waals surface area contributed by atoms with Crippen LogP contribution in [0.1, 0.15) is 23.2 Å². The van der Waals surface area contributed by atoms with E-state index in [1.54, 1.807) is 0 Å². The van der Waals surface area contributed by atoms with Crippen LogP contribution in [0.2, 0.25) is 0 Å². The molecular weight excluding hydrogens is 376 g/mol. The van der Waals surface area contributed by atoms with E-state index >= 15 is 0 Å². The second-order valence-electron chi connectivity index (χ2n) is 5.87. The van der Waals surface area contributed by atoms with Crippen molar-refractivity contribution in [2.24, 2.45) is 0 Å². The minimum Gasteiger partial charge on any atom is -0.313 e. The number of aldehydes is 1. The van der Waals surface area contributed by atoms with Crippen molar-refractivity contribution in [1.82, 2.24) is 4.57 Å². The number of halogens is 1. The largest absolute Gasteiger partial charge is 0.313 e. The molecule has 124 valence electrons. The highest BCUT2D eigenvalue weighted by Crippen LogP contribution is 2.30. The van der Waals surface area contributed by atoms with Gasteiger partial charge in [-0.1, -0.05) is 28.1 Å². The number of nitrogens with zero attached hydrogens (tertiary/aromatic N) is 2. The first-order chi connectivity index (χ1) is 12.1. The van der Waals surface area contributed by atoms with Crippen molar-refractivity contribution in [2.75, 3.05) is 0 Å². The normalized spacial score (nSPS) is 10.4. The Morgan fingerprint density at radius 3 is 2.52 bits per heavy atom. The van der Waals surface area contributed by atoms with Crippen molar-refractivity contribution in [1.29, 1.82) is 5.26 Å². The monoisotopic (exact) mass is 392 g/mol. The minimum absolute atomic E-state index is 0.485. The van der Waals surface area contributed by atoms with E-state index in [4.69, 9.17) is 5.26 Å². The summed E-state index contributed by atoms with van der Waals surface area (Å²) in [5.41, 5.74) is 5.96. The maximum Gasteiger partial charge on any atom is 0.120 e. The van der Waals surface area contributed by atoms with Crippen LogP contribution in [-0.2, 0) is 11.2 Å². The number of nitriles is 1. The number of rotatable bonds is 5. The van der Waals surface area contributed by atoms with Crippen molar-refractivity contribution in [2.45, 2.75) is 19.8 Å². The Morgan fingerprint density at radius 1 is 1.12 bits per heavy atom. The van der Waals surface area contributed by atoms with E-state index in [0.29, 0.717) is 18.4 Å². The molecule has 0 N–H and O–H groups in total. The van der Waals surface area contributed by atoms with Crippen molar-refractivity contribution in [3.05, 3.63) is 75.9 Å². The van der Waals surface area contributed by atoms with Gasteiger partial charge in [0.15, 0.2) is 0 Å². The minimum atomic E-state index is 0.485. The summed E-state index contributed by atoms with van der Waals surface area (Å²) in [6.45, 7) is 2.00. The van der Waals surface area contributed by atoms with Gasteiger partial charge < -0.3 is 9.36 Å². The fourth-order valence-electron chi connectivity index (χ4n) is 2.99. The van der Waals surface area contributed by atoms with Crippen LogP contribution in [0.3, 0.4) is 0 Å². The topological polar surface area (TPSA) is 45.8 Å². The molecule has 0 aliphatic rings. The van der Waals surface area contributed by atoms with Gasteiger partial charge in [-0.25, -0.2) is 0 Å². The number of hydrogen-bond donors (Lipinski definition) is 0. The first kappa shape index (κ1) is 17.2. The van der Waals surface area contributed by atoms with Gasteiger partial charge in [0.2, 0.25) is 0 Å². The lowest BCUT2D eigenvalue weighted by atomic mass is 10.1. The van der Waals surface area contributed by atoms with E-state index in [-0.39, 0.29) is 0 Å². The molecule has 0 saturated heterocycles. The van der Waals surface area contributed by atoms with Crippen molar-refractivity contribution >= 4 is 22.2 Å². The predicted molar refractivity (Wildman–Crippen MR) is 103 cm³/mol. The average molecular weight is 393 g/mol. The Balaban J connectivity index is 2.18. The number of carbonyl (C=O) groups excluding carboxylic acids is 1. The van der Waals surface area contributed by atoms with Crippen LogP contribution in [0.25, 0.3) is 16.9 Å². The highest BCUT2D eigenvalue weighted by molar-refractivity contribution is 9.10. The van der Waals surface area contributed by atoms with Gasteiger partial charge in [0.1, 0.15) is 6.29 Å². The summed E-state index contributed by atoms with van der Waals surface area (Å²) in [5.74, 6) is 0. The second-order valence-corrected chi connectivity index (χ2v) is 6.79. The molecule has 3 rings (SSSR count). The molecule has 0 aliphatic heterocycles. The maximum atomic E-state index is 10.8. The van der Waals surface area contributed by atoms with Crippen LogP contribution in [0.15, 0.2) is 59.1 Å². The summed E-state index contributed by atoms with van der Waals surface area (Å²) >= 11 is 3.47. The lowest BCUT2D eigenvalue weighted by molar-refractivity contribution is -0.107. The van der Waals surface area contributed by atoms with E-state index in [1.165, 1.54) is 0 Å². The number of aromatic nitrogens is 1. The molecule has 0 fully saturated rings. The Bertz CT molecular complexity index is 949. The van der Waals surface area contributed by atoms with Crippen molar-refractivity contribution in [3.8, 4) is 23.0 Å². The van der Waals surface area contributed by atoms with Gasteiger partial charge in [0.25, 0.3) is 0 Å². The summed E-state index contributed by atoms with van der Waals surface area (Å²) in [4.78, 5) is 10.8. The molecule has 0 atom stereocenters. The molecule has 0 bridgehead atoms. The molecule has 0 spiro atoms. The standard InChI is InChI=1S/C21H17BrN2O/c1-15-13-16(14-23)4-10-20(15)24-19(3-2-12-25)9-11-21(24)17-5-7-18(22)8-6-17/h4-13H,2-3H2,1H3. The molecule has 3 nitrogen and oxygen atoms in total. The molecule has 1 heterocycles. The molecule has 0 amide bonds. The summed E-state index contributed by atoms with van der Waals surface area (Å²) in [5, 5.41) is 9.11. The van der Waals surface area contributed by atoms with Crippen LogP contribution >= 0.6 is 15.9 Å². The van der Waals surface area contributed by atoms with E-state index in [1.807, 2.05) is 37.3 Å². The van der Waals surface area contributed by atoms with Gasteiger partial charge in [-0.3, -0.25) is 0 Å². The van der Waals surface area contributed by atoms with E-state index < -0.39 is 0 Å². The lowest BCUT2D eigenvalue weighted by Crippen LogP contribution is -2.05. The SMILES string of the molecule is Cc1cc(C#N)ccc1-n1c(CCC=O)ccc1-c1ccc(Br)cc1. The van der Waals surface area contributed by atoms with Crippen molar-refractivity contribution in [3.63, 3.8) is 0 Å². The predicted octanol–water partition coefficient (Wildman–Crippen LogP) is 5.22. The number of carbonyl (C=O) groups is 1. The third kappa shape index (κ3) is 3.57. The summed E-state index contributed by atoms with van der Waals surface area (Å²) in [7, 11) is 0. The molecule has 0 unspecified atom stereocenters. The van der Waals surface area contributed by atoms with Gasteiger partial charge >= 0.3 is 0 Å². The van der Waals surface area contributed by atoms with Gasteiger partial charge in [-0.15, -0.1) is 0 Å². The van der Waals surface area contributed by atoms with Crippen LogP contribution in [0.5, 0.6) is 0 Å². The zero-order valence-corrected chi connectivity index (χ0v) is 15.5. The average Bonchev–Trinajstić information content (AvgIpc) is 3.04. The zero-order chi connectivity index (χ0) is 17.8. The molecule has 4 heteroatoms. The smallest absolute Gasteiger partial charge is 0.120 e. The Morgan fingerprint density at radius 2 is 1.88 bits per heavy atom. The summed E-state index contributed by atoms with van der Waals surface area (Å²) in [6.07, 6.45) is 2.11. The second kappa shape index (κ2) is 7.50. The highest BCUT2D eigenvalue weighted by atomic mass is 79.9. The molecule has 0 saturated carbocycles. The third-order valence-corrected chi connectivity index (χ3v) is 4.72. The molecule has 0 radical (unpaired) electrons. The Labute approximate surface area is 155 Å². The molecule has 0 aliphatic carbocycles. The zero-order valence-electron chi connectivity index (χ0n) is 13.9. The number of benzene rings is 2. The first-order valence-corrected chi connectivity index (χ1v) is 8.84. The van der Waals surface area contributed by atoms with Crippen molar-refractivity contribution < 1.29 is 4.79 Å². The highest BCUT2D eigenvalue weighted by Gasteiger charge is 2.14. The van der Waals surface area contributed by atoms with Crippen LogP contribution in [0.4, 0.5) is 0 Å². The lowest BCUT2D eigenvalue weighted by Gasteiger charge is -2.16. The fourth-order valence-corrected chi connectivity index (χ4v) is 3.25. The van der Waals surface area contributed by atoms with Crippen LogP contribution in [0, 0.1) is 18.3 Å².